The van der Waals surface area contributed by atoms with E-state index in [0.717, 1.165) is 28.9 Å². The molecule has 0 saturated carbocycles. The molecule has 0 fully saturated rings. The third-order valence-corrected chi connectivity index (χ3v) is 2.59. The molecule has 1 aromatic carbocycles. The normalized spacial score (nSPS) is 13.4. The van der Waals surface area contributed by atoms with Crippen molar-refractivity contribution >= 4 is 16.6 Å². The van der Waals surface area contributed by atoms with Gasteiger partial charge in [0.05, 0.1) is 16.8 Å². The molecular formula is C12H9N3O. The first-order valence-electron chi connectivity index (χ1n) is 5.07. The van der Waals surface area contributed by atoms with Crippen molar-refractivity contribution in [1.82, 2.24) is 4.98 Å². The smallest absolute Gasteiger partial charge is 0.144 e. The van der Waals surface area contributed by atoms with Crippen molar-refractivity contribution in [2.24, 2.45) is 0 Å². The molecule has 78 valence electrons. The standard InChI is InChI=1S/C12H9N3O/c13-6-8-3-9-4-11-12(16-2-1-14-11)5-10(9)15-7-8/h3-5,7,14H,1-2H2. The predicted molar refractivity (Wildman–Crippen MR) is 60.4 cm³/mol. The van der Waals surface area contributed by atoms with E-state index in [0.29, 0.717) is 12.2 Å². The fraction of sp³-hybridized carbons (Fsp3) is 0.167. The zero-order valence-corrected chi connectivity index (χ0v) is 8.53. The van der Waals surface area contributed by atoms with Crippen LogP contribution in [-0.2, 0) is 0 Å². The number of benzene rings is 1. The number of nitrogens with one attached hydrogen (secondary N) is 1. The average molecular weight is 211 g/mol. The second-order valence-corrected chi connectivity index (χ2v) is 3.65. The Balaban J connectivity index is 2.24. The number of ether oxygens (including phenoxy) is 1. The number of fused-ring (bicyclic) bond motifs is 2. The molecule has 0 unspecified atom stereocenters. The lowest BCUT2D eigenvalue weighted by Crippen LogP contribution is -2.17. The van der Waals surface area contributed by atoms with Crippen molar-refractivity contribution in [2.75, 3.05) is 18.5 Å². The van der Waals surface area contributed by atoms with Gasteiger partial charge in [-0.05, 0) is 12.1 Å². The van der Waals surface area contributed by atoms with Gasteiger partial charge >= 0.3 is 0 Å². The minimum Gasteiger partial charge on any atom is -0.490 e. The number of nitrogens with zero attached hydrogens (tertiary/aromatic N) is 2. The van der Waals surface area contributed by atoms with Crippen LogP contribution >= 0.6 is 0 Å². The van der Waals surface area contributed by atoms with E-state index in [1.165, 1.54) is 0 Å². The molecule has 0 bridgehead atoms. The third kappa shape index (κ3) is 1.34. The summed E-state index contributed by atoms with van der Waals surface area (Å²) in [6.45, 7) is 1.48. The number of aromatic nitrogens is 1. The Labute approximate surface area is 92.5 Å². The van der Waals surface area contributed by atoms with Crippen molar-refractivity contribution in [2.45, 2.75) is 0 Å². The van der Waals surface area contributed by atoms with Crippen molar-refractivity contribution in [3.8, 4) is 11.8 Å². The Kier molecular flexibility index (Phi) is 1.90. The van der Waals surface area contributed by atoms with Crippen LogP contribution in [0.1, 0.15) is 5.56 Å². The Bertz CT molecular complexity index is 601. The van der Waals surface area contributed by atoms with Gasteiger partial charge < -0.3 is 10.1 Å². The molecule has 1 aliphatic heterocycles. The Morgan fingerprint density at radius 2 is 2.31 bits per heavy atom. The molecule has 0 aliphatic carbocycles. The molecule has 4 heteroatoms. The highest BCUT2D eigenvalue weighted by Crippen LogP contribution is 2.31. The number of rotatable bonds is 0. The molecule has 2 aromatic rings. The van der Waals surface area contributed by atoms with Gasteiger partial charge in [0, 0.05) is 24.2 Å². The SMILES string of the molecule is N#Cc1cnc2cc3c(cc2c1)NCCO3. The molecular weight excluding hydrogens is 202 g/mol. The van der Waals surface area contributed by atoms with Gasteiger partial charge in [0.15, 0.2) is 0 Å². The fourth-order valence-electron chi connectivity index (χ4n) is 1.82. The number of pyridine rings is 1. The number of anilines is 1. The summed E-state index contributed by atoms with van der Waals surface area (Å²) in [5, 5.41) is 13.0. The molecule has 1 aliphatic rings. The van der Waals surface area contributed by atoms with Gasteiger partial charge in [0.1, 0.15) is 18.4 Å². The topological polar surface area (TPSA) is 57.9 Å². The molecule has 16 heavy (non-hydrogen) atoms. The maximum Gasteiger partial charge on any atom is 0.144 e. The van der Waals surface area contributed by atoms with Crippen LogP contribution in [0.25, 0.3) is 10.9 Å². The largest absolute Gasteiger partial charge is 0.490 e. The summed E-state index contributed by atoms with van der Waals surface area (Å²) >= 11 is 0. The van der Waals surface area contributed by atoms with Gasteiger partial charge in [-0.15, -0.1) is 0 Å². The van der Waals surface area contributed by atoms with E-state index in [1.807, 2.05) is 18.2 Å². The first-order valence-corrected chi connectivity index (χ1v) is 5.07. The van der Waals surface area contributed by atoms with Gasteiger partial charge in [-0.2, -0.15) is 5.26 Å². The lowest BCUT2D eigenvalue weighted by atomic mass is 10.1. The van der Waals surface area contributed by atoms with Gasteiger partial charge in [-0.1, -0.05) is 0 Å². The minimum atomic E-state index is 0.573. The van der Waals surface area contributed by atoms with Crippen LogP contribution in [0.2, 0.25) is 0 Å². The van der Waals surface area contributed by atoms with E-state index in [-0.39, 0.29) is 0 Å². The molecule has 4 nitrogen and oxygen atoms in total. The van der Waals surface area contributed by atoms with Gasteiger partial charge in [0.25, 0.3) is 0 Å². The van der Waals surface area contributed by atoms with Crippen LogP contribution in [-0.4, -0.2) is 18.1 Å². The highest BCUT2D eigenvalue weighted by Gasteiger charge is 2.11. The van der Waals surface area contributed by atoms with Crippen molar-refractivity contribution < 1.29 is 4.74 Å². The molecule has 1 N–H and O–H groups in total. The molecule has 0 amide bonds. The summed E-state index contributed by atoms with van der Waals surface area (Å²) in [5.74, 6) is 0.830. The fourth-order valence-corrected chi connectivity index (χ4v) is 1.82. The maximum atomic E-state index is 8.81. The van der Waals surface area contributed by atoms with Crippen molar-refractivity contribution in [3.63, 3.8) is 0 Å². The van der Waals surface area contributed by atoms with Gasteiger partial charge in [-0.3, -0.25) is 4.98 Å². The van der Waals surface area contributed by atoms with Crippen molar-refractivity contribution in [3.05, 3.63) is 30.0 Å². The summed E-state index contributed by atoms with van der Waals surface area (Å²) in [5.41, 5.74) is 2.39. The Hall–Kier alpha value is -2.28. The highest BCUT2D eigenvalue weighted by molar-refractivity contribution is 5.86. The molecule has 0 spiro atoms. The number of nitriles is 1. The van der Waals surface area contributed by atoms with Crippen LogP contribution in [0.5, 0.6) is 5.75 Å². The minimum absolute atomic E-state index is 0.573. The molecule has 2 heterocycles. The van der Waals surface area contributed by atoms with E-state index in [1.54, 1.807) is 6.20 Å². The molecule has 3 rings (SSSR count). The van der Waals surface area contributed by atoms with Gasteiger partial charge in [0.2, 0.25) is 0 Å². The summed E-state index contributed by atoms with van der Waals surface area (Å²) in [7, 11) is 0. The second-order valence-electron chi connectivity index (χ2n) is 3.65. The molecule has 1 aromatic heterocycles. The monoisotopic (exact) mass is 211 g/mol. The lowest BCUT2D eigenvalue weighted by Gasteiger charge is -2.19. The van der Waals surface area contributed by atoms with E-state index >= 15 is 0 Å². The zero-order valence-electron chi connectivity index (χ0n) is 8.53. The first-order chi connectivity index (χ1) is 7.86. The zero-order chi connectivity index (χ0) is 11.0. The van der Waals surface area contributed by atoms with Crippen LogP contribution < -0.4 is 10.1 Å². The lowest BCUT2D eigenvalue weighted by molar-refractivity contribution is 0.324. The second kappa shape index (κ2) is 3.38. The summed E-state index contributed by atoms with van der Waals surface area (Å²) in [6, 6.07) is 7.79. The highest BCUT2D eigenvalue weighted by atomic mass is 16.5. The summed E-state index contributed by atoms with van der Waals surface area (Å²) in [4.78, 5) is 4.23. The number of hydrogen-bond donors (Lipinski definition) is 1. The van der Waals surface area contributed by atoms with E-state index in [2.05, 4.69) is 16.4 Å². The quantitative estimate of drug-likeness (QED) is 0.723. The van der Waals surface area contributed by atoms with Crippen LogP contribution in [0, 0.1) is 11.3 Å². The molecule has 0 saturated heterocycles. The van der Waals surface area contributed by atoms with Crippen LogP contribution in [0.15, 0.2) is 24.4 Å². The van der Waals surface area contributed by atoms with Crippen molar-refractivity contribution in [1.29, 1.82) is 5.26 Å². The average Bonchev–Trinajstić information content (AvgIpc) is 2.35. The molecule has 0 atom stereocenters. The first kappa shape index (κ1) is 8.98. The summed E-state index contributed by atoms with van der Waals surface area (Å²) in [6.07, 6.45) is 1.57. The van der Waals surface area contributed by atoms with Gasteiger partial charge in [-0.25, -0.2) is 0 Å². The third-order valence-electron chi connectivity index (χ3n) is 2.59. The van der Waals surface area contributed by atoms with E-state index in [4.69, 9.17) is 10.00 Å². The maximum absolute atomic E-state index is 8.81. The molecule has 0 radical (unpaired) electrons. The number of hydrogen-bond acceptors (Lipinski definition) is 4. The van der Waals surface area contributed by atoms with E-state index in [9.17, 15) is 0 Å². The Morgan fingerprint density at radius 1 is 1.38 bits per heavy atom. The predicted octanol–water partition coefficient (Wildman–Crippen LogP) is 1.91. The van der Waals surface area contributed by atoms with Crippen LogP contribution in [0.4, 0.5) is 5.69 Å². The summed E-state index contributed by atoms with van der Waals surface area (Å²) < 4.78 is 5.52. The Morgan fingerprint density at radius 3 is 3.19 bits per heavy atom. The van der Waals surface area contributed by atoms with E-state index < -0.39 is 0 Å². The van der Waals surface area contributed by atoms with Crippen LogP contribution in [0.3, 0.4) is 0 Å².